The fraction of sp³-hybridized carbons (Fsp3) is 0.833. The zero-order valence-corrected chi connectivity index (χ0v) is 11.7. The largest absolute Gasteiger partial charge is 0.444 e. The number of nitrogens with one attached hydrogen (secondary N) is 2. The summed E-state index contributed by atoms with van der Waals surface area (Å²) >= 11 is 0. The average molecular weight is 259 g/mol. The molecule has 1 atom stereocenters. The molecule has 6 heteroatoms. The number of hydrogen-bond acceptors (Lipinski definition) is 4. The number of hydrogen-bond donors (Lipinski definition) is 3. The van der Waals surface area contributed by atoms with Gasteiger partial charge < -0.3 is 21.1 Å². The normalized spacial score (nSPS) is 12.7. The van der Waals surface area contributed by atoms with Crippen LogP contribution in [0.2, 0.25) is 0 Å². The van der Waals surface area contributed by atoms with Crippen molar-refractivity contribution in [2.24, 2.45) is 5.73 Å². The Bertz CT molecular complexity index is 274. The second kappa shape index (κ2) is 7.92. The highest BCUT2D eigenvalue weighted by Gasteiger charge is 2.15. The first kappa shape index (κ1) is 16.7. The van der Waals surface area contributed by atoms with E-state index in [1.807, 2.05) is 20.8 Å². The molecule has 0 aromatic carbocycles. The van der Waals surface area contributed by atoms with Gasteiger partial charge in [0.05, 0.1) is 6.04 Å². The van der Waals surface area contributed by atoms with Gasteiger partial charge in [0, 0.05) is 13.6 Å². The summed E-state index contributed by atoms with van der Waals surface area (Å²) in [5, 5.41) is 5.15. The van der Waals surface area contributed by atoms with Crippen LogP contribution in [0.5, 0.6) is 0 Å². The Labute approximate surface area is 109 Å². The Kier molecular flexibility index (Phi) is 7.35. The predicted octanol–water partition coefficient (Wildman–Crippen LogP) is 0.755. The Morgan fingerprint density at radius 2 is 1.89 bits per heavy atom. The van der Waals surface area contributed by atoms with E-state index in [2.05, 4.69) is 10.6 Å². The second-order valence-corrected chi connectivity index (χ2v) is 5.15. The van der Waals surface area contributed by atoms with Crippen LogP contribution < -0.4 is 16.4 Å². The molecule has 0 bridgehead atoms. The molecule has 0 aromatic rings. The molecule has 2 amide bonds. The van der Waals surface area contributed by atoms with Gasteiger partial charge in [-0.3, -0.25) is 4.79 Å². The fourth-order valence-corrected chi connectivity index (χ4v) is 1.31. The molecule has 0 aromatic heterocycles. The molecule has 0 saturated heterocycles. The van der Waals surface area contributed by atoms with Crippen LogP contribution >= 0.6 is 0 Å². The van der Waals surface area contributed by atoms with Crippen molar-refractivity contribution >= 4 is 12.0 Å². The quantitative estimate of drug-likeness (QED) is 0.614. The van der Waals surface area contributed by atoms with Crippen LogP contribution in [0.15, 0.2) is 0 Å². The standard InChI is InChI=1S/C12H25N3O3/c1-12(2,3)18-11(17)15-8-6-5-7-9(13)10(16)14-4/h9H,5-8,13H2,1-4H3,(H,14,16)(H,15,17)/t9-/m0/s1. The Hall–Kier alpha value is -1.30. The summed E-state index contributed by atoms with van der Waals surface area (Å²) in [6.07, 6.45) is 1.74. The van der Waals surface area contributed by atoms with Crippen LogP contribution in [-0.2, 0) is 9.53 Å². The van der Waals surface area contributed by atoms with Crippen molar-refractivity contribution in [3.8, 4) is 0 Å². The van der Waals surface area contributed by atoms with E-state index in [4.69, 9.17) is 10.5 Å². The van der Waals surface area contributed by atoms with Gasteiger partial charge in [-0.2, -0.15) is 0 Å². The molecule has 106 valence electrons. The lowest BCUT2D eigenvalue weighted by Gasteiger charge is -2.19. The number of alkyl carbamates (subject to hydrolysis) is 1. The number of ether oxygens (including phenoxy) is 1. The molecule has 18 heavy (non-hydrogen) atoms. The number of likely N-dealkylation sites (N-methyl/N-ethyl adjacent to an activating group) is 1. The van der Waals surface area contributed by atoms with E-state index in [1.54, 1.807) is 7.05 Å². The minimum atomic E-state index is -0.481. The first-order valence-electron chi connectivity index (χ1n) is 6.20. The van der Waals surface area contributed by atoms with E-state index < -0.39 is 17.7 Å². The van der Waals surface area contributed by atoms with Crippen LogP contribution in [0.25, 0.3) is 0 Å². The van der Waals surface area contributed by atoms with E-state index in [-0.39, 0.29) is 5.91 Å². The molecule has 0 rings (SSSR count). The summed E-state index contributed by atoms with van der Waals surface area (Å²) in [6, 6.07) is -0.475. The van der Waals surface area contributed by atoms with Gasteiger partial charge in [-0.1, -0.05) is 0 Å². The van der Waals surface area contributed by atoms with Gasteiger partial charge in [0.25, 0.3) is 0 Å². The molecule has 0 unspecified atom stereocenters. The number of rotatable bonds is 6. The molecule has 0 radical (unpaired) electrons. The summed E-state index contributed by atoms with van der Waals surface area (Å²) < 4.78 is 5.08. The summed E-state index contributed by atoms with van der Waals surface area (Å²) in [7, 11) is 1.56. The summed E-state index contributed by atoms with van der Waals surface area (Å²) in [5.74, 6) is -0.157. The fourth-order valence-electron chi connectivity index (χ4n) is 1.31. The lowest BCUT2D eigenvalue weighted by atomic mass is 10.1. The first-order valence-corrected chi connectivity index (χ1v) is 6.20. The molecule has 0 aliphatic rings. The minimum absolute atomic E-state index is 0.157. The Morgan fingerprint density at radius 1 is 1.28 bits per heavy atom. The van der Waals surface area contributed by atoms with Crippen LogP contribution in [0.3, 0.4) is 0 Å². The lowest BCUT2D eigenvalue weighted by Crippen LogP contribution is -2.38. The van der Waals surface area contributed by atoms with Crippen LogP contribution in [0.1, 0.15) is 40.0 Å². The average Bonchev–Trinajstić information content (AvgIpc) is 2.24. The first-order chi connectivity index (χ1) is 8.26. The van der Waals surface area contributed by atoms with Crippen LogP contribution in [0, 0.1) is 0 Å². The molecule has 0 spiro atoms. The number of nitrogens with two attached hydrogens (primary N) is 1. The second-order valence-electron chi connectivity index (χ2n) is 5.15. The predicted molar refractivity (Wildman–Crippen MR) is 70.1 cm³/mol. The minimum Gasteiger partial charge on any atom is -0.444 e. The number of carbonyl (C=O) groups is 2. The van der Waals surface area contributed by atoms with Gasteiger partial charge in [0.15, 0.2) is 0 Å². The number of amides is 2. The van der Waals surface area contributed by atoms with Crippen molar-refractivity contribution in [3.63, 3.8) is 0 Å². The highest BCUT2D eigenvalue weighted by molar-refractivity contribution is 5.81. The number of carbonyl (C=O) groups excluding carboxylic acids is 2. The van der Waals surface area contributed by atoms with E-state index in [0.29, 0.717) is 13.0 Å². The smallest absolute Gasteiger partial charge is 0.407 e. The maximum absolute atomic E-state index is 11.3. The molecule has 0 fully saturated rings. The van der Waals surface area contributed by atoms with Gasteiger partial charge >= 0.3 is 6.09 Å². The maximum atomic E-state index is 11.3. The van der Waals surface area contributed by atoms with Crippen molar-refractivity contribution in [2.75, 3.05) is 13.6 Å². The third kappa shape index (κ3) is 8.81. The lowest BCUT2D eigenvalue weighted by molar-refractivity contribution is -0.122. The van der Waals surface area contributed by atoms with Gasteiger partial charge in [0.1, 0.15) is 5.60 Å². The Balaban J connectivity index is 3.57. The summed E-state index contributed by atoms with van der Waals surface area (Å²) in [4.78, 5) is 22.4. The molecule has 4 N–H and O–H groups in total. The van der Waals surface area contributed by atoms with Gasteiger partial charge in [-0.05, 0) is 40.0 Å². The SMILES string of the molecule is CNC(=O)[C@@H](N)CCCCNC(=O)OC(C)(C)C. The molecular formula is C12H25N3O3. The van der Waals surface area contributed by atoms with E-state index in [1.165, 1.54) is 0 Å². The Morgan fingerprint density at radius 3 is 2.39 bits per heavy atom. The van der Waals surface area contributed by atoms with Gasteiger partial charge in [-0.25, -0.2) is 4.79 Å². The third-order valence-corrected chi connectivity index (χ3v) is 2.19. The molecule has 0 aliphatic carbocycles. The van der Waals surface area contributed by atoms with Crippen LogP contribution in [-0.4, -0.2) is 37.2 Å². The zero-order valence-electron chi connectivity index (χ0n) is 11.7. The van der Waals surface area contributed by atoms with Crippen molar-refractivity contribution in [1.82, 2.24) is 10.6 Å². The van der Waals surface area contributed by atoms with Crippen molar-refractivity contribution in [2.45, 2.75) is 51.7 Å². The molecule has 0 aliphatic heterocycles. The van der Waals surface area contributed by atoms with Crippen LogP contribution in [0.4, 0.5) is 4.79 Å². The highest BCUT2D eigenvalue weighted by atomic mass is 16.6. The number of unbranched alkanes of at least 4 members (excludes halogenated alkanes) is 1. The topological polar surface area (TPSA) is 93.5 Å². The molecule has 6 nitrogen and oxygen atoms in total. The molecule has 0 heterocycles. The third-order valence-electron chi connectivity index (χ3n) is 2.19. The summed E-state index contributed by atoms with van der Waals surface area (Å²) in [6.45, 7) is 5.97. The van der Waals surface area contributed by atoms with Crippen molar-refractivity contribution < 1.29 is 14.3 Å². The van der Waals surface area contributed by atoms with Crippen molar-refractivity contribution in [3.05, 3.63) is 0 Å². The van der Waals surface area contributed by atoms with E-state index in [9.17, 15) is 9.59 Å². The van der Waals surface area contributed by atoms with E-state index in [0.717, 1.165) is 12.8 Å². The molecular weight excluding hydrogens is 234 g/mol. The van der Waals surface area contributed by atoms with Gasteiger partial charge in [-0.15, -0.1) is 0 Å². The highest BCUT2D eigenvalue weighted by Crippen LogP contribution is 2.06. The van der Waals surface area contributed by atoms with Crippen molar-refractivity contribution in [1.29, 1.82) is 0 Å². The summed E-state index contributed by atoms with van der Waals surface area (Å²) in [5.41, 5.74) is 5.15. The molecule has 0 saturated carbocycles. The van der Waals surface area contributed by atoms with Gasteiger partial charge in [0.2, 0.25) is 5.91 Å². The monoisotopic (exact) mass is 259 g/mol. The maximum Gasteiger partial charge on any atom is 0.407 e. The zero-order chi connectivity index (χ0) is 14.2. The van der Waals surface area contributed by atoms with E-state index >= 15 is 0 Å².